The van der Waals surface area contributed by atoms with Gasteiger partial charge in [-0.3, -0.25) is 19.1 Å². The maximum absolute atomic E-state index is 12.6. The molecule has 3 aromatic rings. The molecule has 0 saturated heterocycles. The van der Waals surface area contributed by atoms with E-state index in [9.17, 15) is 14.4 Å². The molecule has 0 radical (unpaired) electrons. The van der Waals surface area contributed by atoms with Crippen LogP contribution in [0.15, 0.2) is 58.1 Å². The zero-order chi connectivity index (χ0) is 19.7. The van der Waals surface area contributed by atoms with E-state index in [0.717, 1.165) is 18.4 Å². The second-order valence-electron chi connectivity index (χ2n) is 7.11. The molecule has 1 unspecified atom stereocenters. The average molecular weight is 398 g/mol. The number of amides is 1. The van der Waals surface area contributed by atoms with Crippen LogP contribution in [0.1, 0.15) is 30.9 Å². The number of H-pyrrole nitrogens is 1. The fourth-order valence-electron chi connectivity index (χ4n) is 3.50. The van der Waals surface area contributed by atoms with E-state index < -0.39 is 11.2 Å². The molecule has 7 heteroatoms. The average Bonchev–Trinajstić information content (AvgIpc) is 3.52. The Kier molecular flexibility index (Phi) is 5.05. The van der Waals surface area contributed by atoms with Crippen molar-refractivity contribution in [1.29, 1.82) is 0 Å². The summed E-state index contributed by atoms with van der Waals surface area (Å²) in [5, 5.41) is 4.19. The molecular weight excluding hydrogens is 378 g/mol. The van der Waals surface area contributed by atoms with E-state index in [0.29, 0.717) is 21.8 Å². The predicted molar refractivity (Wildman–Crippen MR) is 109 cm³/mol. The zero-order valence-corrected chi connectivity index (χ0v) is 15.9. The number of aryl methyl sites for hydroxylation is 1. The number of hydrogen-bond acceptors (Lipinski definition) is 3. The third kappa shape index (κ3) is 3.87. The van der Waals surface area contributed by atoms with Crippen molar-refractivity contribution < 1.29 is 4.79 Å². The molecule has 1 aliphatic carbocycles. The van der Waals surface area contributed by atoms with E-state index in [1.54, 1.807) is 24.3 Å². The number of fused-ring (bicyclic) bond motifs is 1. The van der Waals surface area contributed by atoms with Crippen LogP contribution in [0.3, 0.4) is 0 Å². The largest absolute Gasteiger partial charge is 0.349 e. The molecule has 0 spiro atoms. The van der Waals surface area contributed by atoms with Crippen molar-refractivity contribution in [2.24, 2.45) is 5.92 Å². The van der Waals surface area contributed by atoms with Crippen LogP contribution >= 0.6 is 11.6 Å². The van der Waals surface area contributed by atoms with Gasteiger partial charge >= 0.3 is 5.69 Å². The lowest BCUT2D eigenvalue weighted by atomic mass is 10.0. The van der Waals surface area contributed by atoms with Gasteiger partial charge in [0.1, 0.15) is 0 Å². The van der Waals surface area contributed by atoms with Crippen molar-refractivity contribution in [3.63, 3.8) is 0 Å². The van der Waals surface area contributed by atoms with E-state index >= 15 is 0 Å². The molecule has 144 valence electrons. The summed E-state index contributed by atoms with van der Waals surface area (Å²) >= 11 is 5.96. The smallest absolute Gasteiger partial charge is 0.328 e. The molecule has 4 rings (SSSR count). The van der Waals surface area contributed by atoms with Gasteiger partial charge in [0, 0.05) is 18.0 Å². The number of para-hydroxylation sites is 1. The molecule has 6 nitrogen and oxygen atoms in total. The molecule has 0 bridgehead atoms. The number of hydrogen-bond donors (Lipinski definition) is 2. The lowest BCUT2D eigenvalue weighted by molar-refractivity contribution is -0.122. The summed E-state index contributed by atoms with van der Waals surface area (Å²) in [7, 11) is 0. The maximum atomic E-state index is 12.6. The highest BCUT2D eigenvalue weighted by Crippen LogP contribution is 2.41. The summed E-state index contributed by atoms with van der Waals surface area (Å²) < 4.78 is 1.44. The normalized spacial score (nSPS) is 14.8. The van der Waals surface area contributed by atoms with Gasteiger partial charge in [0.05, 0.1) is 16.9 Å². The minimum Gasteiger partial charge on any atom is -0.349 e. The summed E-state index contributed by atoms with van der Waals surface area (Å²) in [5.74, 6) is 0.302. The SMILES string of the molecule is O=C(CCn1c(=O)[nH]c(=O)c2ccccc21)NC(c1ccc(Cl)cc1)C1CC1. The summed E-state index contributed by atoms with van der Waals surface area (Å²) in [6, 6.07) is 14.4. The lowest BCUT2D eigenvalue weighted by Gasteiger charge is -2.19. The first-order valence-corrected chi connectivity index (χ1v) is 9.67. The summed E-state index contributed by atoms with van der Waals surface area (Å²) in [5.41, 5.74) is 0.637. The van der Waals surface area contributed by atoms with Gasteiger partial charge in [-0.25, -0.2) is 4.79 Å². The highest BCUT2D eigenvalue weighted by Gasteiger charge is 2.33. The number of carbonyl (C=O) groups is 1. The molecule has 1 aliphatic rings. The Morgan fingerprint density at radius 3 is 2.57 bits per heavy atom. The van der Waals surface area contributed by atoms with Crippen molar-refractivity contribution in [3.05, 3.63) is 80.0 Å². The van der Waals surface area contributed by atoms with Gasteiger partial charge in [0.2, 0.25) is 5.91 Å². The zero-order valence-electron chi connectivity index (χ0n) is 15.2. The van der Waals surface area contributed by atoms with Crippen molar-refractivity contribution in [2.75, 3.05) is 0 Å². The summed E-state index contributed by atoms with van der Waals surface area (Å²) in [6.07, 6.45) is 2.31. The standard InChI is InChI=1S/C21H20ClN3O3/c22-15-9-7-14(8-10-15)19(13-5-6-13)23-18(26)11-12-25-17-4-2-1-3-16(17)20(27)24-21(25)28/h1-4,7-10,13,19H,5-6,11-12H2,(H,23,26)(H,24,27,28). The number of halogens is 1. The van der Waals surface area contributed by atoms with Gasteiger partial charge < -0.3 is 5.32 Å². The fraction of sp³-hybridized carbons (Fsp3) is 0.286. The van der Waals surface area contributed by atoms with Gasteiger partial charge in [-0.2, -0.15) is 0 Å². The number of aromatic amines is 1. The molecule has 28 heavy (non-hydrogen) atoms. The quantitative estimate of drug-likeness (QED) is 0.670. The lowest BCUT2D eigenvalue weighted by Crippen LogP contribution is -2.34. The number of carbonyl (C=O) groups excluding carboxylic acids is 1. The predicted octanol–water partition coefficient (Wildman–Crippen LogP) is 3.00. The Balaban J connectivity index is 1.50. The van der Waals surface area contributed by atoms with Gasteiger partial charge in [-0.1, -0.05) is 35.9 Å². The highest BCUT2D eigenvalue weighted by molar-refractivity contribution is 6.30. The van der Waals surface area contributed by atoms with E-state index in [1.807, 2.05) is 24.3 Å². The first-order valence-electron chi connectivity index (χ1n) is 9.29. The van der Waals surface area contributed by atoms with Gasteiger partial charge in [0.15, 0.2) is 0 Å². The topological polar surface area (TPSA) is 84.0 Å². The van der Waals surface area contributed by atoms with Crippen LogP contribution in [-0.2, 0) is 11.3 Å². The van der Waals surface area contributed by atoms with E-state index in [2.05, 4.69) is 10.3 Å². The van der Waals surface area contributed by atoms with Crippen LogP contribution in [0.2, 0.25) is 5.02 Å². The molecule has 1 heterocycles. The Morgan fingerprint density at radius 2 is 1.86 bits per heavy atom. The Hall–Kier alpha value is -2.86. The molecule has 2 N–H and O–H groups in total. The molecule has 1 fully saturated rings. The first kappa shape index (κ1) is 18.5. The number of nitrogens with one attached hydrogen (secondary N) is 2. The Morgan fingerprint density at radius 1 is 1.14 bits per heavy atom. The third-order valence-corrected chi connectivity index (χ3v) is 5.36. The minimum absolute atomic E-state index is 0.0474. The number of benzene rings is 2. The van der Waals surface area contributed by atoms with E-state index in [-0.39, 0.29) is 24.9 Å². The summed E-state index contributed by atoms with van der Waals surface area (Å²) in [6.45, 7) is 0.194. The molecular formula is C21H20ClN3O3. The molecule has 0 aliphatic heterocycles. The van der Waals surface area contributed by atoms with Gasteiger partial charge in [0.25, 0.3) is 5.56 Å². The second-order valence-corrected chi connectivity index (χ2v) is 7.55. The van der Waals surface area contributed by atoms with E-state index in [1.165, 1.54) is 4.57 Å². The molecule has 1 amide bonds. The Bertz CT molecular complexity index is 1130. The van der Waals surface area contributed by atoms with E-state index in [4.69, 9.17) is 11.6 Å². The van der Waals surface area contributed by atoms with Gasteiger partial charge in [-0.15, -0.1) is 0 Å². The van der Waals surface area contributed by atoms with Crippen LogP contribution < -0.4 is 16.6 Å². The maximum Gasteiger partial charge on any atom is 0.328 e. The minimum atomic E-state index is -0.507. The molecule has 1 saturated carbocycles. The molecule has 1 atom stereocenters. The van der Waals surface area contributed by atoms with Crippen LogP contribution in [0.25, 0.3) is 10.9 Å². The van der Waals surface area contributed by atoms with Crippen molar-refractivity contribution in [2.45, 2.75) is 31.8 Å². The van der Waals surface area contributed by atoms with Crippen LogP contribution in [0, 0.1) is 5.92 Å². The Labute approximate surface area is 166 Å². The van der Waals surface area contributed by atoms with Crippen molar-refractivity contribution >= 4 is 28.4 Å². The van der Waals surface area contributed by atoms with Crippen molar-refractivity contribution in [3.8, 4) is 0 Å². The van der Waals surface area contributed by atoms with Crippen molar-refractivity contribution in [1.82, 2.24) is 14.9 Å². The van der Waals surface area contributed by atoms with Crippen LogP contribution in [0.5, 0.6) is 0 Å². The number of nitrogens with zero attached hydrogens (tertiary/aromatic N) is 1. The van der Waals surface area contributed by atoms with Gasteiger partial charge in [-0.05, 0) is 48.6 Å². The van der Waals surface area contributed by atoms with Crippen LogP contribution in [0.4, 0.5) is 0 Å². The number of aromatic nitrogens is 2. The highest BCUT2D eigenvalue weighted by atomic mass is 35.5. The summed E-state index contributed by atoms with van der Waals surface area (Å²) in [4.78, 5) is 39.1. The fourth-order valence-corrected chi connectivity index (χ4v) is 3.62. The third-order valence-electron chi connectivity index (χ3n) is 5.11. The molecule has 1 aromatic heterocycles. The monoisotopic (exact) mass is 397 g/mol. The molecule has 2 aromatic carbocycles. The van der Waals surface area contributed by atoms with Crippen LogP contribution in [-0.4, -0.2) is 15.5 Å². The number of rotatable bonds is 6. The second kappa shape index (κ2) is 7.64. The first-order chi connectivity index (χ1) is 13.5.